The van der Waals surface area contributed by atoms with E-state index in [1.54, 1.807) is 11.8 Å². The average molecular weight is 278 g/mol. The van der Waals surface area contributed by atoms with Crippen molar-refractivity contribution in [3.63, 3.8) is 0 Å². The molecule has 0 aromatic heterocycles. The Balaban J connectivity index is 1.92. The van der Waals surface area contributed by atoms with Crippen molar-refractivity contribution in [3.05, 3.63) is 29.8 Å². The molecule has 2 unspecified atom stereocenters. The van der Waals surface area contributed by atoms with Crippen LogP contribution in [0, 0.1) is 0 Å². The molecule has 1 aliphatic heterocycles. The first-order valence-corrected chi connectivity index (χ1v) is 7.03. The molecule has 5 nitrogen and oxygen atoms in total. The minimum atomic E-state index is -0.279. The van der Waals surface area contributed by atoms with Crippen molar-refractivity contribution < 1.29 is 14.6 Å². The van der Waals surface area contributed by atoms with Gasteiger partial charge in [0.2, 0.25) is 0 Å². The van der Waals surface area contributed by atoms with E-state index in [9.17, 15) is 9.90 Å². The third-order valence-corrected chi connectivity index (χ3v) is 3.48. The van der Waals surface area contributed by atoms with E-state index in [2.05, 4.69) is 12.2 Å². The van der Waals surface area contributed by atoms with Gasteiger partial charge in [-0.15, -0.1) is 0 Å². The van der Waals surface area contributed by atoms with E-state index in [4.69, 9.17) is 4.74 Å². The zero-order chi connectivity index (χ0) is 14.5. The molecule has 0 aliphatic carbocycles. The smallest absolute Gasteiger partial charge is 0.414 e. The van der Waals surface area contributed by atoms with Crippen molar-refractivity contribution in [1.82, 2.24) is 5.32 Å². The van der Waals surface area contributed by atoms with Gasteiger partial charge in [-0.05, 0) is 44.5 Å². The zero-order valence-corrected chi connectivity index (χ0v) is 12.0. The molecule has 2 atom stereocenters. The van der Waals surface area contributed by atoms with Crippen LogP contribution >= 0.6 is 0 Å². The number of nitrogens with zero attached hydrogens (tertiary/aromatic N) is 1. The number of anilines is 1. The molecule has 1 aromatic carbocycles. The zero-order valence-electron chi connectivity index (χ0n) is 12.0. The third kappa shape index (κ3) is 3.71. The van der Waals surface area contributed by atoms with Gasteiger partial charge in [0.1, 0.15) is 6.61 Å². The predicted molar refractivity (Wildman–Crippen MR) is 77.9 cm³/mol. The highest BCUT2D eigenvalue weighted by Gasteiger charge is 2.23. The van der Waals surface area contributed by atoms with Crippen LogP contribution in [-0.4, -0.2) is 37.0 Å². The largest absolute Gasteiger partial charge is 0.447 e. The maximum atomic E-state index is 11.5. The maximum Gasteiger partial charge on any atom is 0.414 e. The van der Waals surface area contributed by atoms with Crippen LogP contribution in [0.15, 0.2) is 24.3 Å². The second-order valence-corrected chi connectivity index (χ2v) is 5.17. The molecule has 20 heavy (non-hydrogen) atoms. The van der Waals surface area contributed by atoms with Crippen LogP contribution in [0.5, 0.6) is 0 Å². The van der Waals surface area contributed by atoms with Gasteiger partial charge in [-0.25, -0.2) is 4.79 Å². The lowest BCUT2D eigenvalue weighted by molar-refractivity contribution is 0.181. The van der Waals surface area contributed by atoms with Gasteiger partial charge in [-0.1, -0.05) is 12.1 Å². The molecule has 1 saturated heterocycles. The van der Waals surface area contributed by atoms with Crippen LogP contribution in [0.4, 0.5) is 10.5 Å². The molecule has 0 bridgehead atoms. The van der Waals surface area contributed by atoms with Crippen molar-refractivity contribution in [1.29, 1.82) is 0 Å². The van der Waals surface area contributed by atoms with Crippen LogP contribution in [0.3, 0.4) is 0 Å². The number of aliphatic hydroxyl groups excluding tert-OH is 1. The summed E-state index contributed by atoms with van der Waals surface area (Å²) >= 11 is 0. The molecular weight excluding hydrogens is 256 g/mol. The van der Waals surface area contributed by atoms with Crippen LogP contribution in [0.25, 0.3) is 0 Å². The van der Waals surface area contributed by atoms with E-state index in [1.165, 1.54) is 0 Å². The van der Waals surface area contributed by atoms with Crippen molar-refractivity contribution in [2.24, 2.45) is 0 Å². The van der Waals surface area contributed by atoms with Gasteiger partial charge in [0.05, 0.1) is 12.6 Å². The van der Waals surface area contributed by atoms with E-state index >= 15 is 0 Å². The SMILES string of the molecule is CC(O)CCNC(C)c1ccc(N2CCOC2=O)cc1. The number of cyclic esters (lactones) is 1. The number of hydrogen-bond acceptors (Lipinski definition) is 4. The second-order valence-electron chi connectivity index (χ2n) is 5.17. The number of rotatable bonds is 6. The van der Waals surface area contributed by atoms with Crippen LogP contribution in [-0.2, 0) is 4.74 Å². The number of benzene rings is 1. The molecule has 1 heterocycles. The Morgan fingerprint density at radius 3 is 2.60 bits per heavy atom. The summed E-state index contributed by atoms with van der Waals surface area (Å²) in [5.41, 5.74) is 2.03. The summed E-state index contributed by atoms with van der Waals surface area (Å²) in [4.78, 5) is 13.1. The number of nitrogens with one attached hydrogen (secondary N) is 1. The molecule has 110 valence electrons. The molecule has 1 aliphatic rings. The van der Waals surface area contributed by atoms with E-state index in [0.717, 1.165) is 24.2 Å². The summed E-state index contributed by atoms with van der Waals surface area (Å²) in [6, 6.07) is 8.12. The number of carbonyl (C=O) groups excluding carboxylic acids is 1. The van der Waals surface area contributed by atoms with Crippen LogP contribution < -0.4 is 10.2 Å². The lowest BCUT2D eigenvalue weighted by Crippen LogP contribution is -2.24. The summed E-state index contributed by atoms with van der Waals surface area (Å²) in [6.07, 6.45) is 0.182. The number of amides is 1. The van der Waals surface area contributed by atoms with Gasteiger partial charge in [-0.2, -0.15) is 0 Å². The van der Waals surface area contributed by atoms with Crippen molar-refractivity contribution in [2.75, 3.05) is 24.6 Å². The summed E-state index contributed by atoms with van der Waals surface area (Å²) in [5, 5.41) is 12.6. The Morgan fingerprint density at radius 1 is 1.35 bits per heavy atom. The summed E-state index contributed by atoms with van der Waals surface area (Å²) in [7, 11) is 0. The molecule has 5 heteroatoms. The van der Waals surface area contributed by atoms with Crippen molar-refractivity contribution >= 4 is 11.8 Å². The second kappa shape index (κ2) is 6.72. The fourth-order valence-corrected chi connectivity index (χ4v) is 2.20. The predicted octanol–water partition coefficient (Wildman–Crippen LogP) is 2.06. The quantitative estimate of drug-likeness (QED) is 0.836. The average Bonchev–Trinajstić information content (AvgIpc) is 2.84. The van der Waals surface area contributed by atoms with E-state index in [0.29, 0.717) is 13.2 Å². The van der Waals surface area contributed by atoms with E-state index < -0.39 is 0 Å². The number of hydrogen-bond donors (Lipinski definition) is 2. The van der Waals surface area contributed by atoms with Gasteiger partial charge >= 0.3 is 6.09 Å². The molecule has 2 N–H and O–H groups in total. The summed E-state index contributed by atoms with van der Waals surface area (Å²) < 4.78 is 4.92. The normalized spacial score (nSPS) is 17.9. The Kier molecular flexibility index (Phi) is 4.98. The Labute approximate surface area is 119 Å². The Hall–Kier alpha value is -1.59. The maximum absolute atomic E-state index is 11.5. The summed E-state index contributed by atoms with van der Waals surface area (Å²) in [6.45, 7) is 5.72. The van der Waals surface area contributed by atoms with Gasteiger partial charge < -0.3 is 15.2 Å². The topological polar surface area (TPSA) is 61.8 Å². The van der Waals surface area contributed by atoms with Gasteiger partial charge in [0.25, 0.3) is 0 Å². The summed E-state index contributed by atoms with van der Waals surface area (Å²) in [5.74, 6) is 0. The van der Waals surface area contributed by atoms with E-state index in [1.807, 2.05) is 24.3 Å². The van der Waals surface area contributed by atoms with Crippen LogP contribution in [0.1, 0.15) is 31.9 Å². The molecule has 0 saturated carbocycles. The van der Waals surface area contributed by atoms with Gasteiger partial charge in [0.15, 0.2) is 0 Å². The van der Waals surface area contributed by atoms with Crippen molar-refractivity contribution in [2.45, 2.75) is 32.4 Å². The lowest BCUT2D eigenvalue weighted by Gasteiger charge is -2.17. The first kappa shape index (κ1) is 14.8. The highest BCUT2D eigenvalue weighted by Crippen LogP contribution is 2.21. The Bertz CT molecular complexity index is 445. The molecule has 1 fully saturated rings. The fourth-order valence-electron chi connectivity index (χ4n) is 2.20. The first-order valence-electron chi connectivity index (χ1n) is 7.03. The monoisotopic (exact) mass is 278 g/mol. The lowest BCUT2D eigenvalue weighted by atomic mass is 10.1. The molecule has 0 spiro atoms. The molecule has 1 aromatic rings. The standard InChI is InChI=1S/C15H22N2O3/c1-11(18)7-8-16-12(2)13-3-5-14(6-4-13)17-9-10-20-15(17)19/h3-6,11-12,16,18H,7-10H2,1-2H3. The number of carbonyl (C=O) groups is 1. The molecular formula is C15H22N2O3. The van der Waals surface area contributed by atoms with Crippen LogP contribution in [0.2, 0.25) is 0 Å². The highest BCUT2D eigenvalue weighted by atomic mass is 16.6. The molecule has 1 amide bonds. The van der Waals surface area contributed by atoms with E-state index in [-0.39, 0.29) is 18.2 Å². The number of ether oxygens (including phenoxy) is 1. The minimum Gasteiger partial charge on any atom is -0.447 e. The third-order valence-electron chi connectivity index (χ3n) is 3.48. The molecule has 0 radical (unpaired) electrons. The highest BCUT2D eigenvalue weighted by molar-refractivity contribution is 5.89. The van der Waals surface area contributed by atoms with Gasteiger partial charge in [0, 0.05) is 11.7 Å². The number of aliphatic hydroxyl groups is 1. The fraction of sp³-hybridized carbons (Fsp3) is 0.533. The first-order chi connectivity index (χ1) is 9.58. The minimum absolute atomic E-state index is 0.216. The van der Waals surface area contributed by atoms with Gasteiger partial charge in [-0.3, -0.25) is 4.90 Å². The van der Waals surface area contributed by atoms with Crippen molar-refractivity contribution in [3.8, 4) is 0 Å². The Morgan fingerprint density at radius 2 is 2.05 bits per heavy atom. The molecule has 2 rings (SSSR count).